The van der Waals surface area contributed by atoms with E-state index in [4.69, 9.17) is 19.9 Å². The molecule has 19 heavy (non-hydrogen) atoms. The Hall–Kier alpha value is -1.62. The molecule has 1 unspecified atom stereocenters. The average Bonchev–Trinajstić information content (AvgIpc) is 2.37. The smallest absolute Gasteiger partial charge is 0.224 e. The maximum Gasteiger partial charge on any atom is 0.224 e. The van der Waals surface area contributed by atoms with Crippen molar-refractivity contribution in [1.29, 1.82) is 0 Å². The Morgan fingerprint density at radius 2 is 1.63 bits per heavy atom. The fourth-order valence-corrected chi connectivity index (χ4v) is 1.90. The van der Waals surface area contributed by atoms with Crippen LogP contribution < -0.4 is 19.9 Å². The molecule has 0 fully saturated rings. The van der Waals surface area contributed by atoms with Crippen molar-refractivity contribution in [3.05, 3.63) is 17.7 Å². The van der Waals surface area contributed by atoms with Crippen LogP contribution in [0.1, 0.15) is 24.8 Å². The first-order valence-electron chi connectivity index (χ1n) is 5.68. The van der Waals surface area contributed by atoms with Gasteiger partial charge in [-0.3, -0.25) is 4.79 Å². The zero-order chi connectivity index (χ0) is 13.7. The molecule has 1 amide bonds. The molecule has 6 heteroatoms. The maximum atomic E-state index is 11.4. The van der Waals surface area contributed by atoms with Gasteiger partial charge in [0.15, 0.2) is 11.5 Å². The number of carbonyl (C=O) groups is 1. The fourth-order valence-electron chi connectivity index (χ4n) is 1.90. The van der Waals surface area contributed by atoms with E-state index in [1.807, 2.05) is 6.92 Å². The third-order valence-electron chi connectivity index (χ3n) is 2.84. The molecule has 1 aromatic rings. The van der Waals surface area contributed by atoms with E-state index < -0.39 is 0 Å². The summed E-state index contributed by atoms with van der Waals surface area (Å²) in [4.78, 5) is 11.4. The number of carbonyl (C=O) groups excluding carboxylic acids is 1. The third-order valence-corrected chi connectivity index (χ3v) is 2.84. The molecular formula is C13H20ClNO4. The van der Waals surface area contributed by atoms with Crippen LogP contribution in [0.15, 0.2) is 12.1 Å². The van der Waals surface area contributed by atoms with Crippen molar-refractivity contribution in [2.24, 2.45) is 5.73 Å². The number of halogens is 1. The number of hydrogen-bond donors (Lipinski definition) is 1. The topological polar surface area (TPSA) is 70.8 Å². The molecular weight excluding hydrogens is 270 g/mol. The Morgan fingerprint density at radius 1 is 1.16 bits per heavy atom. The number of benzene rings is 1. The second-order valence-corrected chi connectivity index (χ2v) is 3.82. The van der Waals surface area contributed by atoms with E-state index in [0.29, 0.717) is 23.7 Å². The lowest BCUT2D eigenvalue weighted by atomic mass is 9.95. The van der Waals surface area contributed by atoms with E-state index in [0.717, 1.165) is 5.56 Å². The summed E-state index contributed by atoms with van der Waals surface area (Å²) >= 11 is 0. The number of rotatable bonds is 6. The number of hydrogen-bond acceptors (Lipinski definition) is 4. The predicted molar refractivity (Wildman–Crippen MR) is 75.6 cm³/mol. The number of ether oxygens (including phenoxy) is 3. The molecule has 1 aromatic carbocycles. The summed E-state index contributed by atoms with van der Waals surface area (Å²) in [5.41, 5.74) is 6.14. The summed E-state index contributed by atoms with van der Waals surface area (Å²) in [7, 11) is 4.60. The Bertz CT molecular complexity index is 412. The van der Waals surface area contributed by atoms with E-state index in [1.165, 1.54) is 21.3 Å². The number of amides is 1. The zero-order valence-corrected chi connectivity index (χ0v) is 12.4. The van der Waals surface area contributed by atoms with Crippen molar-refractivity contribution in [1.82, 2.24) is 0 Å². The van der Waals surface area contributed by atoms with Crippen LogP contribution in [0.4, 0.5) is 0 Å². The van der Waals surface area contributed by atoms with Gasteiger partial charge < -0.3 is 19.9 Å². The van der Waals surface area contributed by atoms with Crippen LogP contribution in [0.25, 0.3) is 0 Å². The second kappa shape index (κ2) is 7.74. The van der Waals surface area contributed by atoms with E-state index in [9.17, 15) is 4.79 Å². The average molecular weight is 290 g/mol. The molecule has 2 N–H and O–H groups in total. The Kier molecular flexibility index (Phi) is 7.08. The highest BCUT2D eigenvalue weighted by molar-refractivity contribution is 5.85. The third kappa shape index (κ3) is 3.67. The number of methoxy groups -OCH3 is 3. The molecule has 1 rings (SSSR count). The van der Waals surface area contributed by atoms with E-state index in [2.05, 4.69) is 0 Å². The van der Waals surface area contributed by atoms with E-state index >= 15 is 0 Å². The molecule has 0 bridgehead atoms. The van der Waals surface area contributed by atoms with Crippen molar-refractivity contribution in [2.45, 2.75) is 19.3 Å². The zero-order valence-electron chi connectivity index (χ0n) is 11.6. The summed E-state index contributed by atoms with van der Waals surface area (Å²) in [6.45, 7) is 1.90. The van der Waals surface area contributed by atoms with Crippen LogP contribution in [0.2, 0.25) is 0 Å². The maximum absolute atomic E-state index is 11.4. The van der Waals surface area contributed by atoms with Gasteiger partial charge in [-0.15, -0.1) is 12.4 Å². The lowest BCUT2D eigenvalue weighted by Crippen LogP contribution is -2.20. The van der Waals surface area contributed by atoms with Crippen molar-refractivity contribution < 1.29 is 19.0 Å². The van der Waals surface area contributed by atoms with Crippen molar-refractivity contribution >= 4 is 18.3 Å². The van der Waals surface area contributed by atoms with Gasteiger partial charge in [-0.1, -0.05) is 6.92 Å². The van der Waals surface area contributed by atoms with Crippen LogP contribution in [-0.2, 0) is 4.79 Å². The molecule has 1 atom stereocenters. The van der Waals surface area contributed by atoms with Gasteiger partial charge >= 0.3 is 0 Å². The summed E-state index contributed by atoms with van der Waals surface area (Å²) in [5.74, 6) is 0.812. The van der Waals surface area contributed by atoms with Gasteiger partial charge in [0.2, 0.25) is 11.7 Å². The molecule has 0 aliphatic carbocycles. The molecule has 0 aromatic heterocycles. The molecule has 0 spiro atoms. The lowest BCUT2D eigenvalue weighted by molar-refractivity contribution is -0.119. The molecule has 108 valence electrons. The van der Waals surface area contributed by atoms with Gasteiger partial charge in [-0.2, -0.15) is 0 Å². The quantitative estimate of drug-likeness (QED) is 0.871. The summed E-state index contributed by atoms with van der Waals surface area (Å²) in [5, 5.41) is 0. The summed E-state index contributed by atoms with van der Waals surface area (Å²) in [6.07, 6.45) is 0.619. The van der Waals surface area contributed by atoms with Crippen molar-refractivity contribution in [3.8, 4) is 17.2 Å². The highest BCUT2D eigenvalue weighted by Crippen LogP contribution is 2.40. The largest absolute Gasteiger partial charge is 0.493 e. The molecule has 0 saturated heterocycles. The first kappa shape index (κ1) is 17.4. The summed E-state index contributed by atoms with van der Waals surface area (Å²) < 4.78 is 15.7. The number of primary amides is 1. The van der Waals surface area contributed by atoms with Gasteiger partial charge in [0.25, 0.3) is 0 Å². The molecule has 5 nitrogen and oxygen atoms in total. The highest BCUT2D eigenvalue weighted by Gasteiger charge is 2.21. The normalized spacial score (nSPS) is 11.2. The Labute approximate surface area is 119 Å². The first-order chi connectivity index (χ1) is 8.58. The van der Waals surface area contributed by atoms with Crippen LogP contribution in [0.5, 0.6) is 17.2 Å². The first-order valence-corrected chi connectivity index (χ1v) is 5.68. The lowest BCUT2D eigenvalue weighted by Gasteiger charge is -2.17. The monoisotopic (exact) mass is 289 g/mol. The number of nitrogens with two attached hydrogens (primary N) is 1. The fraction of sp³-hybridized carbons (Fsp3) is 0.462. The van der Waals surface area contributed by atoms with Gasteiger partial charge in [-0.05, 0) is 24.1 Å². The molecule has 0 aliphatic rings. The molecule has 0 heterocycles. The van der Waals surface area contributed by atoms with Gasteiger partial charge in [-0.25, -0.2) is 0 Å². The molecule has 0 radical (unpaired) electrons. The summed E-state index contributed by atoms with van der Waals surface area (Å²) in [6, 6.07) is 3.50. The van der Waals surface area contributed by atoms with Crippen molar-refractivity contribution in [2.75, 3.05) is 21.3 Å². The van der Waals surface area contributed by atoms with Crippen LogP contribution in [0, 0.1) is 0 Å². The van der Waals surface area contributed by atoms with Crippen molar-refractivity contribution in [3.63, 3.8) is 0 Å². The van der Waals surface area contributed by atoms with Gasteiger partial charge in [0.05, 0.1) is 27.2 Å². The highest BCUT2D eigenvalue weighted by atomic mass is 35.5. The van der Waals surface area contributed by atoms with Gasteiger partial charge in [0, 0.05) is 0 Å². The van der Waals surface area contributed by atoms with E-state index in [-0.39, 0.29) is 24.2 Å². The second-order valence-electron chi connectivity index (χ2n) is 3.82. The van der Waals surface area contributed by atoms with Crippen LogP contribution >= 0.6 is 12.4 Å². The van der Waals surface area contributed by atoms with Gasteiger partial charge in [0.1, 0.15) is 0 Å². The van der Waals surface area contributed by atoms with Crippen LogP contribution in [-0.4, -0.2) is 27.2 Å². The SMILES string of the molecule is CCC(C(N)=O)c1cc(OC)c(OC)c(OC)c1.Cl. The van der Waals surface area contributed by atoms with E-state index in [1.54, 1.807) is 12.1 Å². The standard InChI is InChI=1S/C13H19NO4.ClH/c1-5-9(13(14)15)8-6-10(16-2)12(18-4)11(7-8)17-3;/h6-7,9H,5H2,1-4H3,(H2,14,15);1H. The Morgan fingerprint density at radius 3 is 1.89 bits per heavy atom. The molecule has 0 saturated carbocycles. The minimum absolute atomic E-state index is 0. The predicted octanol–water partition coefficient (Wildman–Crippen LogP) is 2.11. The minimum Gasteiger partial charge on any atom is -0.493 e. The molecule has 0 aliphatic heterocycles. The minimum atomic E-state index is -0.369. The Balaban J connectivity index is 0.00000324. The van der Waals surface area contributed by atoms with Crippen LogP contribution in [0.3, 0.4) is 0 Å².